The summed E-state index contributed by atoms with van der Waals surface area (Å²) in [7, 11) is 0. The molecule has 0 atom stereocenters. The maximum Gasteiger partial charge on any atom is 0.166 e. The number of allylic oxidation sites excluding steroid dienone is 2. The van der Waals surface area contributed by atoms with Crippen LogP contribution < -0.4 is 0 Å². The summed E-state index contributed by atoms with van der Waals surface area (Å²) in [5, 5.41) is 0. The van der Waals surface area contributed by atoms with Gasteiger partial charge in [0.05, 0.1) is 0 Å². The summed E-state index contributed by atoms with van der Waals surface area (Å²) in [6, 6.07) is 0. The average Bonchev–Trinajstić information content (AvgIpc) is 1.98. The second-order valence-electron chi connectivity index (χ2n) is 2.49. The fourth-order valence-corrected chi connectivity index (χ4v) is 0.649. The number of Topliss-reactive ketones (excluding diaryl/α,β-unsaturated/α-hetero) is 1. The van der Waals surface area contributed by atoms with Crippen LogP contribution in [0.5, 0.6) is 0 Å². The number of ketones is 1. The van der Waals surface area contributed by atoms with E-state index in [9.17, 15) is 4.79 Å². The molecule has 0 amide bonds. The molecule has 60 valence electrons. The highest BCUT2D eigenvalue weighted by atomic mass is 16.1. The van der Waals surface area contributed by atoms with Crippen molar-refractivity contribution >= 4 is 12.5 Å². The monoisotopic (exact) mass is 151 g/mol. The van der Waals surface area contributed by atoms with E-state index in [0.29, 0.717) is 5.57 Å². The number of hydrogen-bond acceptors (Lipinski definition) is 2. The maximum absolute atomic E-state index is 11.2. The van der Waals surface area contributed by atoms with Gasteiger partial charge >= 0.3 is 0 Å². The minimum absolute atomic E-state index is 0.0130. The van der Waals surface area contributed by atoms with Crippen LogP contribution in [0, 0.1) is 5.92 Å². The summed E-state index contributed by atoms with van der Waals surface area (Å²) >= 11 is 0. The molecule has 0 radical (unpaired) electrons. The van der Waals surface area contributed by atoms with Crippen molar-refractivity contribution in [2.24, 2.45) is 10.9 Å². The Kier molecular flexibility index (Phi) is 4.11. The lowest BCUT2D eigenvalue weighted by atomic mass is 10.0. The van der Waals surface area contributed by atoms with Gasteiger partial charge in [0.25, 0.3) is 0 Å². The SMILES string of the molecule is C=C/C(=C\N=C)C(=O)C(C)C. The highest BCUT2D eigenvalue weighted by Crippen LogP contribution is 2.06. The standard InChI is InChI=1S/C9H13NO/c1-5-8(6-10-4)9(11)7(2)3/h5-7H,1,4H2,2-3H3/b8-6+. The van der Waals surface area contributed by atoms with Gasteiger partial charge in [-0.3, -0.25) is 9.79 Å². The van der Waals surface area contributed by atoms with Crippen molar-refractivity contribution in [3.8, 4) is 0 Å². The van der Waals surface area contributed by atoms with Gasteiger partial charge in [-0.1, -0.05) is 26.5 Å². The van der Waals surface area contributed by atoms with Gasteiger partial charge in [-0.2, -0.15) is 0 Å². The van der Waals surface area contributed by atoms with Gasteiger partial charge in [0.1, 0.15) is 0 Å². The molecule has 0 aromatic heterocycles. The largest absolute Gasteiger partial charge is 0.294 e. The molecule has 11 heavy (non-hydrogen) atoms. The van der Waals surface area contributed by atoms with Crippen LogP contribution in [0.3, 0.4) is 0 Å². The minimum atomic E-state index is -0.0130. The molecule has 0 spiro atoms. The lowest BCUT2D eigenvalue weighted by molar-refractivity contribution is -0.117. The maximum atomic E-state index is 11.2. The Balaban J connectivity index is 4.51. The number of rotatable bonds is 4. The Labute approximate surface area is 67.3 Å². The van der Waals surface area contributed by atoms with Gasteiger partial charge < -0.3 is 0 Å². The Morgan fingerprint density at radius 1 is 1.55 bits per heavy atom. The fourth-order valence-electron chi connectivity index (χ4n) is 0.649. The first-order valence-electron chi connectivity index (χ1n) is 3.46. The quantitative estimate of drug-likeness (QED) is 0.343. The molecule has 0 heterocycles. The van der Waals surface area contributed by atoms with Crippen molar-refractivity contribution < 1.29 is 4.79 Å². The van der Waals surface area contributed by atoms with Crippen LogP contribution in [0.4, 0.5) is 0 Å². The highest BCUT2D eigenvalue weighted by molar-refractivity contribution is 5.99. The zero-order chi connectivity index (χ0) is 8.85. The average molecular weight is 151 g/mol. The Bertz CT molecular complexity index is 202. The summed E-state index contributed by atoms with van der Waals surface area (Å²) in [6.07, 6.45) is 2.92. The zero-order valence-corrected chi connectivity index (χ0v) is 7.00. The zero-order valence-electron chi connectivity index (χ0n) is 7.00. The van der Waals surface area contributed by atoms with E-state index in [1.807, 2.05) is 13.8 Å². The number of hydrogen-bond donors (Lipinski definition) is 0. The van der Waals surface area contributed by atoms with Crippen molar-refractivity contribution in [2.75, 3.05) is 0 Å². The first-order chi connectivity index (χ1) is 5.13. The third kappa shape index (κ3) is 2.94. The first-order valence-corrected chi connectivity index (χ1v) is 3.46. The number of carbonyl (C=O) groups excluding carboxylic acids is 1. The summed E-state index contributed by atoms with van der Waals surface area (Å²) in [5.41, 5.74) is 0.523. The van der Waals surface area contributed by atoms with E-state index in [-0.39, 0.29) is 11.7 Å². The molecule has 0 unspecified atom stereocenters. The molecule has 0 aromatic carbocycles. The Morgan fingerprint density at radius 2 is 2.09 bits per heavy atom. The molecule has 0 saturated heterocycles. The molecule has 0 aliphatic heterocycles. The molecular weight excluding hydrogens is 138 g/mol. The van der Waals surface area contributed by atoms with Crippen molar-refractivity contribution in [3.63, 3.8) is 0 Å². The van der Waals surface area contributed by atoms with Crippen molar-refractivity contribution in [2.45, 2.75) is 13.8 Å². The molecule has 0 fully saturated rings. The first kappa shape index (κ1) is 9.82. The van der Waals surface area contributed by atoms with Crippen LogP contribution in [0.1, 0.15) is 13.8 Å². The van der Waals surface area contributed by atoms with Crippen LogP contribution in [0.25, 0.3) is 0 Å². The third-order valence-electron chi connectivity index (χ3n) is 1.26. The molecule has 0 aromatic rings. The van der Waals surface area contributed by atoms with E-state index in [4.69, 9.17) is 0 Å². The van der Waals surface area contributed by atoms with Crippen molar-refractivity contribution in [1.29, 1.82) is 0 Å². The highest BCUT2D eigenvalue weighted by Gasteiger charge is 2.09. The van der Waals surface area contributed by atoms with Gasteiger partial charge in [0.2, 0.25) is 0 Å². The minimum Gasteiger partial charge on any atom is -0.294 e. The molecule has 0 bridgehead atoms. The van der Waals surface area contributed by atoms with Gasteiger partial charge in [-0.25, -0.2) is 0 Å². The predicted molar refractivity (Wildman–Crippen MR) is 47.7 cm³/mol. The van der Waals surface area contributed by atoms with Gasteiger partial charge in [0.15, 0.2) is 5.78 Å². The van der Waals surface area contributed by atoms with Gasteiger partial charge in [0, 0.05) is 17.7 Å². The van der Waals surface area contributed by atoms with E-state index >= 15 is 0 Å². The van der Waals surface area contributed by atoms with Crippen LogP contribution in [-0.4, -0.2) is 12.5 Å². The normalized spacial score (nSPS) is 11.4. The number of aliphatic imine (C=N–C) groups is 1. The predicted octanol–water partition coefficient (Wildman–Crippen LogP) is 1.98. The van der Waals surface area contributed by atoms with E-state index in [1.165, 1.54) is 12.3 Å². The van der Waals surface area contributed by atoms with Crippen molar-refractivity contribution in [3.05, 3.63) is 24.4 Å². The molecule has 2 heteroatoms. The van der Waals surface area contributed by atoms with E-state index in [1.54, 1.807) is 0 Å². The van der Waals surface area contributed by atoms with E-state index in [0.717, 1.165) is 0 Å². The molecule has 0 aliphatic carbocycles. The summed E-state index contributed by atoms with van der Waals surface area (Å²) in [6.45, 7) is 10.4. The third-order valence-corrected chi connectivity index (χ3v) is 1.26. The molecule has 2 nitrogen and oxygen atoms in total. The second kappa shape index (κ2) is 4.61. The van der Waals surface area contributed by atoms with Crippen LogP contribution >= 0.6 is 0 Å². The topological polar surface area (TPSA) is 29.4 Å². The Hall–Kier alpha value is -1.18. The number of nitrogens with zero attached hydrogens (tertiary/aromatic N) is 1. The second-order valence-corrected chi connectivity index (χ2v) is 2.49. The number of carbonyl (C=O) groups is 1. The lowest BCUT2D eigenvalue weighted by Gasteiger charge is -2.02. The molecular formula is C9H13NO. The fraction of sp³-hybridized carbons (Fsp3) is 0.333. The Morgan fingerprint density at radius 3 is 2.36 bits per heavy atom. The smallest absolute Gasteiger partial charge is 0.166 e. The van der Waals surface area contributed by atoms with E-state index in [2.05, 4.69) is 18.3 Å². The van der Waals surface area contributed by atoms with Crippen LogP contribution in [-0.2, 0) is 4.79 Å². The molecule has 0 N–H and O–H groups in total. The van der Waals surface area contributed by atoms with Gasteiger partial charge in [-0.05, 0) is 6.72 Å². The summed E-state index contributed by atoms with van der Waals surface area (Å²) < 4.78 is 0. The summed E-state index contributed by atoms with van der Waals surface area (Å²) in [4.78, 5) is 14.7. The summed E-state index contributed by atoms with van der Waals surface area (Å²) in [5.74, 6) is 0.0356. The van der Waals surface area contributed by atoms with Gasteiger partial charge in [-0.15, -0.1) is 0 Å². The molecule has 0 rings (SSSR count). The lowest BCUT2D eigenvalue weighted by Crippen LogP contribution is -2.08. The van der Waals surface area contributed by atoms with E-state index < -0.39 is 0 Å². The van der Waals surface area contributed by atoms with Crippen LogP contribution in [0.15, 0.2) is 29.4 Å². The van der Waals surface area contributed by atoms with Crippen LogP contribution in [0.2, 0.25) is 0 Å². The van der Waals surface area contributed by atoms with Crippen molar-refractivity contribution in [1.82, 2.24) is 0 Å². The molecule has 0 aliphatic rings. The molecule has 0 saturated carbocycles.